The van der Waals surface area contributed by atoms with Crippen LogP contribution < -0.4 is 16.7 Å². The summed E-state index contributed by atoms with van der Waals surface area (Å²) in [6, 6.07) is 15.3. The normalized spacial score (nSPS) is 13.7. The molecule has 0 aliphatic heterocycles. The molecule has 5 N–H and O–H groups in total. The number of nitro groups is 1. The molecule has 4 aromatic rings. The van der Waals surface area contributed by atoms with Gasteiger partial charge in [0.05, 0.1) is 45.4 Å². The molecule has 0 bridgehead atoms. The van der Waals surface area contributed by atoms with Gasteiger partial charge in [-0.1, -0.05) is 81.8 Å². The number of nitro benzene ring substituents is 1. The van der Waals surface area contributed by atoms with E-state index in [0.29, 0.717) is 11.1 Å². The van der Waals surface area contributed by atoms with Crippen LogP contribution in [0.3, 0.4) is 0 Å². The highest BCUT2D eigenvalue weighted by Crippen LogP contribution is 2.27. The first-order chi connectivity index (χ1) is 24.4. The number of aliphatic hydroxyl groups is 1. The number of hydrogen-bond acceptors (Lipinski definition) is 9. The van der Waals surface area contributed by atoms with Crippen molar-refractivity contribution in [3.05, 3.63) is 115 Å². The monoisotopic (exact) mass is 756 g/mol. The standard InChI is InChI=1S/C36H45ClN6O8S/c1-22(2)18-40(52(50,51)27-14-15-28(37)29(38)17-27)20-32(44)30(16-25-10-7-6-8-11-25)39-35(46)34(23(3)4)42-21-33(45)41(36(42)47)19-26-12-9-13-31(24(26)5)43(48)49/h6-15,17,21-23,30,32,34,44-45H,16,18-20,38H2,1-5H3,(H,39,46)/t30-,32+,34-/m0/s1. The highest BCUT2D eigenvalue weighted by Gasteiger charge is 2.35. The van der Waals surface area contributed by atoms with Gasteiger partial charge < -0.3 is 21.3 Å². The van der Waals surface area contributed by atoms with Crippen LogP contribution in [0.4, 0.5) is 11.4 Å². The van der Waals surface area contributed by atoms with Crippen LogP contribution in [0.25, 0.3) is 0 Å². The predicted octanol–water partition coefficient (Wildman–Crippen LogP) is 4.49. The fourth-order valence-corrected chi connectivity index (χ4v) is 7.83. The molecule has 0 saturated carbocycles. The molecule has 0 unspecified atom stereocenters. The molecule has 3 atom stereocenters. The van der Waals surface area contributed by atoms with Gasteiger partial charge >= 0.3 is 5.69 Å². The van der Waals surface area contributed by atoms with Crippen LogP contribution in [0.5, 0.6) is 5.88 Å². The molecule has 0 spiro atoms. The van der Waals surface area contributed by atoms with E-state index in [4.69, 9.17) is 17.3 Å². The lowest BCUT2D eigenvalue weighted by atomic mass is 9.98. The zero-order valence-electron chi connectivity index (χ0n) is 29.6. The molecule has 0 aliphatic rings. The zero-order valence-corrected chi connectivity index (χ0v) is 31.2. The number of benzene rings is 3. The van der Waals surface area contributed by atoms with Gasteiger partial charge in [0.15, 0.2) is 0 Å². The number of nitrogens with one attached hydrogen (secondary N) is 1. The van der Waals surface area contributed by atoms with Crippen molar-refractivity contribution in [3.8, 4) is 5.88 Å². The number of carbonyl (C=O) groups excluding carboxylic acids is 1. The van der Waals surface area contributed by atoms with Crippen molar-refractivity contribution < 1.29 is 28.3 Å². The summed E-state index contributed by atoms with van der Waals surface area (Å²) < 4.78 is 31.0. The fourth-order valence-electron chi connectivity index (χ4n) is 6.06. The summed E-state index contributed by atoms with van der Waals surface area (Å²) in [7, 11) is -4.17. The fraction of sp³-hybridized carbons (Fsp3) is 0.389. The lowest BCUT2D eigenvalue weighted by Crippen LogP contribution is -2.53. The molecule has 0 radical (unpaired) electrons. The number of halogens is 1. The van der Waals surface area contributed by atoms with Crippen LogP contribution in [0.2, 0.25) is 5.02 Å². The number of aliphatic hydroxyl groups excluding tert-OH is 1. The second-order valence-corrected chi connectivity index (χ2v) is 15.9. The summed E-state index contributed by atoms with van der Waals surface area (Å²) in [5.74, 6) is -1.72. The maximum Gasteiger partial charge on any atom is 0.332 e. The molecule has 0 saturated heterocycles. The number of aromatic hydroxyl groups is 1. The number of amides is 1. The second-order valence-electron chi connectivity index (χ2n) is 13.5. The number of carbonyl (C=O) groups is 1. The average molecular weight is 757 g/mol. The minimum absolute atomic E-state index is 0.0504. The molecule has 4 rings (SSSR count). The Labute approximate surface area is 307 Å². The van der Waals surface area contributed by atoms with E-state index in [9.17, 15) is 38.3 Å². The first-order valence-corrected chi connectivity index (χ1v) is 18.5. The van der Waals surface area contributed by atoms with Crippen molar-refractivity contribution in [2.24, 2.45) is 11.8 Å². The molecule has 280 valence electrons. The number of nitrogens with two attached hydrogens (primary N) is 1. The summed E-state index contributed by atoms with van der Waals surface area (Å²) in [5.41, 5.74) is 6.65. The number of sulfonamides is 1. The number of nitrogen functional groups attached to an aromatic ring is 1. The van der Waals surface area contributed by atoms with E-state index in [1.165, 1.54) is 30.3 Å². The molecule has 1 aromatic heterocycles. The van der Waals surface area contributed by atoms with Crippen molar-refractivity contribution in [2.45, 2.75) is 70.7 Å². The van der Waals surface area contributed by atoms with E-state index >= 15 is 0 Å². The van der Waals surface area contributed by atoms with Gasteiger partial charge in [0.2, 0.25) is 21.8 Å². The predicted molar refractivity (Wildman–Crippen MR) is 199 cm³/mol. The van der Waals surface area contributed by atoms with E-state index in [1.807, 2.05) is 32.0 Å². The highest BCUT2D eigenvalue weighted by molar-refractivity contribution is 7.89. The third kappa shape index (κ3) is 9.20. The van der Waals surface area contributed by atoms with Crippen LogP contribution in [0, 0.1) is 28.9 Å². The van der Waals surface area contributed by atoms with Crippen molar-refractivity contribution in [3.63, 3.8) is 0 Å². The first kappa shape index (κ1) is 40.1. The molecule has 14 nitrogen and oxygen atoms in total. The Balaban J connectivity index is 1.67. The lowest BCUT2D eigenvalue weighted by Gasteiger charge is -2.32. The Kier molecular flexibility index (Phi) is 12.9. The topological polar surface area (TPSA) is 203 Å². The molecular formula is C36H45ClN6O8S. The van der Waals surface area contributed by atoms with Gasteiger partial charge in [0, 0.05) is 24.7 Å². The minimum Gasteiger partial charge on any atom is -0.493 e. The van der Waals surface area contributed by atoms with Gasteiger partial charge in [-0.05, 0) is 54.5 Å². The summed E-state index contributed by atoms with van der Waals surface area (Å²) in [5, 5.41) is 37.1. The minimum atomic E-state index is -4.17. The molecule has 52 heavy (non-hydrogen) atoms. The molecule has 1 heterocycles. The Morgan fingerprint density at radius 1 is 1.06 bits per heavy atom. The lowest BCUT2D eigenvalue weighted by molar-refractivity contribution is -0.385. The number of imidazole rings is 1. The Bertz CT molecular complexity index is 2070. The molecular weight excluding hydrogens is 712 g/mol. The highest BCUT2D eigenvalue weighted by atomic mass is 35.5. The number of aromatic nitrogens is 2. The number of nitrogens with zero attached hydrogens (tertiary/aromatic N) is 4. The van der Waals surface area contributed by atoms with Crippen LogP contribution in [0.15, 0.2) is 82.6 Å². The third-order valence-corrected chi connectivity index (χ3v) is 11.0. The summed E-state index contributed by atoms with van der Waals surface area (Å²) in [6.07, 6.45) is -0.159. The Morgan fingerprint density at radius 3 is 2.33 bits per heavy atom. The number of rotatable bonds is 16. The molecule has 1 amide bonds. The quantitative estimate of drug-likeness (QED) is 0.0722. The van der Waals surface area contributed by atoms with Crippen molar-refractivity contribution in [1.82, 2.24) is 18.8 Å². The number of anilines is 1. The first-order valence-electron chi connectivity index (χ1n) is 16.7. The van der Waals surface area contributed by atoms with Gasteiger partial charge in [0.25, 0.3) is 5.69 Å². The molecule has 3 aromatic carbocycles. The van der Waals surface area contributed by atoms with E-state index in [-0.39, 0.29) is 53.3 Å². The smallest absolute Gasteiger partial charge is 0.332 e. The third-order valence-electron chi connectivity index (χ3n) is 8.78. The van der Waals surface area contributed by atoms with Gasteiger partial charge in [-0.15, -0.1) is 0 Å². The zero-order chi connectivity index (χ0) is 38.5. The Hall–Kier alpha value is -4.70. The van der Waals surface area contributed by atoms with Gasteiger partial charge in [-0.2, -0.15) is 4.31 Å². The van der Waals surface area contributed by atoms with Gasteiger partial charge in [-0.25, -0.2) is 13.2 Å². The summed E-state index contributed by atoms with van der Waals surface area (Å²) in [4.78, 5) is 38.7. The van der Waals surface area contributed by atoms with Crippen molar-refractivity contribution in [2.75, 3.05) is 18.8 Å². The van der Waals surface area contributed by atoms with Gasteiger partial charge in [0.1, 0.15) is 6.04 Å². The number of hydrogen-bond donors (Lipinski definition) is 4. The largest absolute Gasteiger partial charge is 0.493 e. The van der Waals surface area contributed by atoms with Crippen LogP contribution in [0.1, 0.15) is 50.4 Å². The van der Waals surface area contributed by atoms with E-state index in [0.717, 1.165) is 25.2 Å². The molecule has 16 heteroatoms. The van der Waals surface area contributed by atoms with Crippen LogP contribution in [-0.4, -0.2) is 68.1 Å². The SMILES string of the molecule is Cc1c(Cn2c(O)cn([C@H](C(=O)N[C@@H](Cc3ccccc3)[C@H](O)CN(CC(C)C)S(=O)(=O)c3ccc(Cl)c(N)c3)C(C)C)c2=O)cccc1[N+](=O)[O-]. The maximum atomic E-state index is 14.1. The maximum absolute atomic E-state index is 14.1. The summed E-state index contributed by atoms with van der Waals surface area (Å²) >= 11 is 6.04. The van der Waals surface area contributed by atoms with Crippen molar-refractivity contribution >= 4 is 38.9 Å². The van der Waals surface area contributed by atoms with Crippen LogP contribution >= 0.6 is 11.6 Å². The van der Waals surface area contributed by atoms with E-state index < -0.39 is 56.5 Å². The molecule has 0 aliphatic carbocycles. The van der Waals surface area contributed by atoms with Crippen LogP contribution in [-0.2, 0) is 27.8 Å². The second kappa shape index (κ2) is 16.8. The van der Waals surface area contributed by atoms with E-state index in [2.05, 4.69) is 5.32 Å². The Morgan fingerprint density at radius 2 is 1.73 bits per heavy atom. The summed E-state index contributed by atoms with van der Waals surface area (Å²) in [6.45, 7) is 8.13. The van der Waals surface area contributed by atoms with E-state index in [1.54, 1.807) is 39.0 Å². The van der Waals surface area contributed by atoms with Crippen molar-refractivity contribution in [1.29, 1.82) is 0 Å². The molecule has 0 fully saturated rings. The average Bonchev–Trinajstić information content (AvgIpc) is 3.34. The van der Waals surface area contributed by atoms with Gasteiger partial charge in [-0.3, -0.25) is 24.0 Å².